The number of benzene rings is 1. The number of ether oxygens (including phenoxy) is 1. The summed E-state index contributed by atoms with van der Waals surface area (Å²) in [5.74, 6) is 1.01. The lowest BCUT2D eigenvalue weighted by Crippen LogP contribution is -2.54. The van der Waals surface area contributed by atoms with Gasteiger partial charge in [-0.05, 0) is 31.5 Å². The maximum atomic E-state index is 13.1. The molecule has 2 saturated heterocycles. The average molecular weight is 343 g/mol. The van der Waals surface area contributed by atoms with Gasteiger partial charge in [-0.25, -0.2) is 4.68 Å². The molecule has 0 radical (unpaired) electrons. The lowest BCUT2D eigenvalue weighted by Gasteiger charge is -2.43. The van der Waals surface area contributed by atoms with Gasteiger partial charge in [0.1, 0.15) is 0 Å². The van der Waals surface area contributed by atoms with Crippen LogP contribution >= 0.6 is 11.8 Å². The van der Waals surface area contributed by atoms with Crippen molar-refractivity contribution in [1.29, 1.82) is 0 Å². The molecule has 0 spiro atoms. The van der Waals surface area contributed by atoms with E-state index in [1.807, 2.05) is 64.7 Å². The maximum Gasteiger partial charge on any atom is 0.274 e. The van der Waals surface area contributed by atoms with E-state index in [2.05, 4.69) is 5.10 Å². The van der Waals surface area contributed by atoms with Crippen LogP contribution in [0.5, 0.6) is 0 Å². The fraction of sp³-hybridized carbons (Fsp3) is 0.444. The van der Waals surface area contributed by atoms with E-state index in [1.54, 1.807) is 0 Å². The fourth-order valence-electron chi connectivity index (χ4n) is 3.49. The molecule has 1 amide bonds. The molecule has 4 rings (SSSR count). The van der Waals surface area contributed by atoms with Crippen LogP contribution in [-0.4, -0.2) is 57.4 Å². The Labute approximate surface area is 146 Å². The van der Waals surface area contributed by atoms with Crippen LogP contribution in [0.4, 0.5) is 0 Å². The highest BCUT2D eigenvalue weighted by molar-refractivity contribution is 8.00. The molecule has 3 heterocycles. The van der Waals surface area contributed by atoms with Crippen molar-refractivity contribution in [2.24, 2.45) is 0 Å². The molecule has 0 bridgehead atoms. The Morgan fingerprint density at radius 3 is 3.00 bits per heavy atom. The minimum atomic E-state index is 0.0463. The van der Waals surface area contributed by atoms with Crippen molar-refractivity contribution in [3.63, 3.8) is 0 Å². The van der Waals surface area contributed by atoms with Crippen LogP contribution in [-0.2, 0) is 4.74 Å². The lowest BCUT2D eigenvalue weighted by atomic mass is 10.1. The zero-order valence-electron chi connectivity index (χ0n) is 13.7. The first-order valence-corrected chi connectivity index (χ1v) is 9.41. The summed E-state index contributed by atoms with van der Waals surface area (Å²) in [6.07, 6.45) is 0.918. The molecule has 2 fully saturated rings. The largest absolute Gasteiger partial charge is 0.380 e. The molecule has 0 aliphatic carbocycles. The van der Waals surface area contributed by atoms with Gasteiger partial charge in [-0.3, -0.25) is 4.79 Å². The second-order valence-electron chi connectivity index (χ2n) is 6.26. The summed E-state index contributed by atoms with van der Waals surface area (Å²) in [5.41, 5.74) is 2.49. The Morgan fingerprint density at radius 1 is 1.33 bits per heavy atom. The van der Waals surface area contributed by atoms with Crippen LogP contribution in [0.1, 0.15) is 22.6 Å². The van der Waals surface area contributed by atoms with E-state index in [0.717, 1.165) is 43.3 Å². The number of carbonyl (C=O) groups excluding carboxylic acids is 1. The average Bonchev–Trinajstić information content (AvgIpc) is 3.03. The third kappa shape index (κ3) is 2.84. The van der Waals surface area contributed by atoms with Gasteiger partial charge in [0, 0.05) is 35.9 Å². The van der Waals surface area contributed by atoms with Crippen LogP contribution in [0, 0.1) is 6.92 Å². The Balaban J connectivity index is 1.60. The molecule has 0 saturated carbocycles. The van der Waals surface area contributed by atoms with Gasteiger partial charge < -0.3 is 9.64 Å². The van der Waals surface area contributed by atoms with Gasteiger partial charge in [-0.2, -0.15) is 16.9 Å². The van der Waals surface area contributed by atoms with Gasteiger partial charge in [0.25, 0.3) is 5.91 Å². The molecule has 2 atom stereocenters. The third-order valence-corrected chi connectivity index (χ3v) is 6.00. The normalized spacial score (nSPS) is 23.8. The highest BCUT2D eigenvalue weighted by Gasteiger charge is 2.37. The molecule has 2 aliphatic heterocycles. The number of aryl methyl sites for hydroxylation is 1. The van der Waals surface area contributed by atoms with Gasteiger partial charge in [-0.1, -0.05) is 18.2 Å². The fourth-order valence-corrected chi connectivity index (χ4v) is 4.80. The van der Waals surface area contributed by atoms with Gasteiger partial charge in [0.15, 0.2) is 5.69 Å². The second-order valence-corrected chi connectivity index (χ2v) is 7.60. The number of fused-ring (bicyclic) bond motifs is 1. The predicted molar refractivity (Wildman–Crippen MR) is 94.8 cm³/mol. The lowest BCUT2D eigenvalue weighted by molar-refractivity contribution is 0.0315. The Kier molecular flexibility index (Phi) is 4.33. The quantitative estimate of drug-likeness (QED) is 0.841. The first-order chi connectivity index (χ1) is 11.7. The SMILES string of the molecule is Cc1cc(C(=O)N2CCS[C@@H]3COCC[C@H]32)nn1-c1ccccc1. The van der Waals surface area contributed by atoms with Crippen LogP contribution in [0.25, 0.3) is 5.69 Å². The topological polar surface area (TPSA) is 47.4 Å². The Morgan fingerprint density at radius 2 is 2.17 bits per heavy atom. The number of thioether (sulfide) groups is 1. The third-order valence-electron chi connectivity index (χ3n) is 4.70. The number of aromatic nitrogens is 2. The van der Waals surface area contributed by atoms with E-state index >= 15 is 0 Å². The first-order valence-electron chi connectivity index (χ1n) is 8.36. The standard InChI is InChI=1S/C18H21N3O2S/c1-13-11-15(19-21(13)14-5-3-2-4-6-14)18(22)20-8-10-24-17-12-23-9-7-16(17)20/h2-6,11,16-17H,7-10,12H2,1H3/t16-,17-/m1/s1. The van der Waals surface area contributed by atoms with E-state index in [-0.39, 0.29) is 11.9 Å². The molecule has 2 aliphatic rings. The number of nitrogens with zero attached hydrogens (tertiary/aromatic N) is 3. The van der Waals surface area contributed by atoms with Crippen molar-refractivity contribution < 1.29 is 9.53 Å². The highest BCUT2D eigenvalue weighted by atomic mass is 32.2. The number of hydrogen-bond acceptors (Lipinski definition) is 4. The number of amides is 1. The summed E-state index contributed by atoms with van der Waals surface area (Å²) in [7, 11) is 0. The summed E-state index contributed by atoms with van der Waals surface area (Å²) in [5, 5.41) is 4.98. The van der Waals surface area contributed by atoms with E-state index in [9.17, 15) is 4.79 Å². The van der Waals surface area contributed by atoms with Crippen molar-refractivity contribution in [3.8, 4) is 5.69 Å². The second kappa shape index (κ2) is 6.61. The van der Waals surface area contributed by atoms with Crippen molar-refractivity contribution in [2.45, 2.75) is 24.6 Å². The molecule has 0 unspecified atom stereocenters. The summed E-state index contributed by atoms with van der Waals surface area (Å²) < 4.78 is 7.42. The van der Waals surface area contributed by atoms with Crippen LogP contribution in [0.2, 0.25) is 0 Å². The molecule has 2 aromatic rings. The molecular weight excluding hydrogens is 322 g/mol. The van der Waals surface area contributed by atoms with Crippen molar-refractivity contribution in [3.05, 3.63) is 47.8 Å². The number of rotatable bonds is 2. The Bertz CT molecular complexity index is 729. The summed E-state index contributed by atoms with van der Waals surface area (Å²) in [4.78, 5) is 15.1. The van der Waals surface area contributed by atoms with Crippen molar-refractivity contribution in [2.75, 3.05) is 25.5 Å². The minimum Gasteiger partial charge on any atom is -0.380 e. The van der Waals surface area contributed by atoms with Gasteiger partial charge in [0.05, 0.1) is 12.3 Å². The molecule has 0 N–H and O–H groups in total. The van der Waals surface area contributed by atoms with Gasteiger partial charge in [0.2, 0.25) is 0 Å². The van der Waals surface area contributed by atoms with Crippen LogP contribution in [0.3, 0.4) is 0 Å². The predicted octanol–water partition coefficient (Wildman–Crippen LogP) is 2.53. The first kappa shape index (κ1) is 15.7. The monoisotopic (exact) mass is 343 g/mol. The van der Waals surface area contributed by atoms with Crippen molar-refractivity contribution in [1.82, 2.24) is 14.7 Å². The zero-order chi connectivity index (χ0) is 16.5. The number of para-hydroxylation sites is 1. The van der Waals surface area contributed by atoms with E-state index in [0.29, 0.717) is 10.9 Å². The van der Waals surface area contributed by atoms with E-state index < -0.39 is 0 Å². The summed E-state index contributed by atoms with van der Waals surface area (Å²) >= 11 is 1.92. The van der Waals surface area contributed by atoms with Gasteiger partial charge in [-0.15, -0.1) is 0 Å². The minimum absolute atomic E-state index is 0.0463. The highest BCUT2D eigenvalue weighted by Crippen LogP contribution is 2.31. The summed E-state index contributed by atoms with van der Waals surface area (Å²) in [6.45, 7) is 4.27. The molecule has 1 aromatic heterocycles. The van der Waals surface area contributed by atoms with Gasteiger partial charge >= 0.3 is 0 Å². The maximum absolute atomic E-state index is 13.1. The molecule has 126 valence electrons. The zero-order valence-corrected chi connectivity index (χ0v) is 14.5. The molecule has 6 heteroatoms. The van der Waals surface area contributed by atoms with E-state index in [1.165, 1.54) is 0 Å². The number of carbonyl (C=O) groups is 1. The molecule has 24 heavy (non-hydrogen) atoms. The molecular formula is C18H21N3O2S. The van der Waals surface area contributed by atoms with Crippen molar-refractivity contribution >= 4 is 17.7 Å². The molecule has 1 aromatic carbocycles. The van der Waals surface area contributed by atoms with Crippen LogP contribution < -0.4 is 0 Å². The smallest absolute Gasteiger partial charge is 0.274 e. The van der Waals surface area contributed by atoms with Crippen LogP contribution in [0.15, 0.2) is 36.4 Å². The molecule has 5 nitrogen and oxygen atoms in total. The summed E-state index contributed by atoms with van der Waals surface area (Å²) in [6, 6.07) is 12.1. The number of hydrogen-bond donors (Lipinski definition) is 0. The van der Waals surface area contributed by atoms with E-state index in [4.69, 9.17) is 4.74 Å². The Hall–Kier alpha value is -1.79.